The molecule has 0 heterocycles. The molecule has 0 rings (SSSR count). The number of phosphoric ester groups is 1. The van der Waals surface area contributed by atoms with E-state index < -0.39 is 45.1 Å². The minimum atomic E-state index is -4.62. The highest BCUT2D eigenvalue weighted by Gasteiger charge is 2.27. The van der Waals surface area contributed by atoms with E-state index in [2.05, 4.69) is 13.8 Å². The maximum Gasteiger partial charge on any atom is 0.472 e. The number of phosphoric acid groups is 1. The normalized spacial score (nSPS) is 13.5. The van der Waals surface area contributed by atoms with Crippen molar-refractivity contribution in [1.82, 2.24) is 0 Å². The van der Waals surface area contributed by atoms with Crippen LogP contribution >= 0.6 is 7.82 Å². The van der Waals surface area contributed by atoms with Crippen LogP contribution in [-0.4, -0.2) is 60.5 Å². The van der Waals surface area contributed by atoms with Gasteiger partial charge in [-0.2, -0.15) is 0 Å². The number of hydrogen-bond acceptors (Lipinski definition) is 8. The predicted molar refractivity (Wildman–Crippen MR) is 273 cm³/mol. The van der Waals surface area contributed by atoms with E-state index in [-0.39, 0.29) is 13.0 Å². The summed E-state index contributed by atoms with van der Waals surface area (Å²) in [7, 11) is -4.62. The highest BCUT2D eigenvalue weighted by Crippen LogP contribution is 2.43. The van der Waals surface area contributed by atoms with Crippen LogP contribution < -0.4 is 5.73 Å². The molecule has 0 saturated heterocycles. The first-order chi connectivity index (χ1) is 31.7. The van der Waals surface area contributed by atoms with Crippen molar-refractivity contribution in [1.29, 1.82) is 0 Å². The van der Waals surface area contributed by atoms with E-state index in [1.807, 2.05) is 0 Å². The van der Waals surface area contributed by atoms with Gasteiger partial charge in [-0.05, 0) is 12.8 Å². The minimum Gasteiger partial charge on any atom is -0.480 e. The Kier molecular flexibility index (Phi) is 50.0. The van der Waals surface area contributed by atoms with Gasteiger partial charge in [0.05, 0.1) is 19.8 Å². The van der Waals surface area contributed by atoms with Crippen molar-refractivity contribution in [2.24, 2.45) is 5.73 Å². The van der Waals surface area contributed by atoms with Crippen LogP contribution in [0.2, 0.25) is 0 Å². The number of carboxylic acid groups (broad SMARTS) is 1. The van der Waals surface area contributed by atoms with Gasteiger partial charge in [0.25, 0.3) is 0 Å². The van der Waals surface area contributed by atoms with Crippen LogP contribution in [0, 0.1) is 0 Å². The molecule has 3 atom stereocenters. The summed E-state index contributed by atoms with van der Waals surface area (Å²) in [5, 5.41) is 8.94. The van der Waals surface area contributed by atoms with E-state index in [0.29, 0.717) is 6.61 Å². The van der Waals surface area contributed by atoms with Crippen molar-refractivity contribution in [2.45, 2.75) is 309 Å². The highest BCUT2D eigenvalue weighted by atomic mass is 31.2. The van der Waals surface area contributed by atoms with E-state index in [4.69, 9.17) is 29.4 Å². The lowest BCUT2D eigenvalue weighted by Gasteiger charge is -2.20. The number of nitrogens with two attached hydrogens (primary N) is 1. The van der Waals surface area contributed by atoms with E-state index in [1.54, 1.807) is 0 Å². The monoisotopic (exact) mass is 946 g/mol. The van der Waals surface area contributed by atoms with E-state index >= 15 is 0 Å². The summed E-state index contributed by atoms with van der Waals surface area (Å²) in [6.45, 7) is 3.97. The quantitative estimate of drug-likeness (QED) is 0.0305. The number of carbonyl (C=O) groups excluding carboxylic acids is 1. The maximum atomic E-state index is 12.7. The summed E-state index contributed by atoms with van der Waals surface area (Å²) in [5.41, 5.74) is 5.39. The first-order valence-corrected chi connectivity index (χ1v) is 29.6. The Balaban J connectivity index is 4.02. The fraction of sp³-hybridized carbons (Fsp3) is 0.963. The third kappa shape index (κ3) is 50.7. The number of rotatable bonds is 55. The number of carbonyl (C=O) groups is 2. The van der Waals surface area contributed by atoms with Crippen LogP contribution in [0.1, 0.15) is 296 Å². The lowest BCUT2D eigenvalue weighted by Crippen LogP contribution is -2.34. The molecule has 0 aliphatic heterocycles. The average Bonchev–Trinajstić information content (AvgIpc) is 3.29. The third-order valence-electron chi connectivity index (χ3n) is 12.9. The number of aliphatic carboxylic acids is 1. The average molecular weight is 946 g/mol. The molecular formula is C54H108NO9P. The maximum absolute atomic E-state index is 12.7. The Morgan fingerprint density at radius 1 is 0.431 bits per heavy atom. The first-order valence-electron chi connectivity index (χ1n) is 28.1. The Bertz CT molecular complexity index is 1050. The van der Waals surface area contributed by atoms with Gasteiger partial charge in [0, 0.05) is 13.0 Å². The van der Waals surface area contributed by atoms with Crippen molar-refractivity contribution in [2.75, 3.05) is 26.4 Å². The molecule has 0 aliphatic rings. The molecule has 388 valence electrons. The van der Waals surface area contributed by atoms with Gasteiger partial charge < -0.3 is 25.2 Å². The summed E-state index contributed by atoms with van der Waals surface area (Å²) in [6, 6.07) is -1.47. The molecule has 10 nitrogen and oxygen atoms in total. The van der Waals surface area contributed by atoms with Crippen molar-refractivity contribution in [3.05, 3.63) is 0 Å². The summed E-state index contributed by atoms with van der Waals surface area (Å²) in [4.78, 5) is 33.8. The van der Waals surface area contributed by atoms with Gasteiger partial charge in [0.1, 0.15) is 12.1 Å². The van der Waals surface area contributed by atoms with Gasteiger partial charge in [-0.15, -0.1) is 0 Å². The van der Waals surface area contributed by atoms with Crippen molar-refractivity contribution in [3.63, 3.8) is 0 Å². The summed E-state index contributed by atoms with van der Waals surface area (Å²) in [6.07, 6.45) is 56.0. The van der Waals surface area contributed by atoms with Crippen molar-refractivity contribution < 1.29 is 42.7 Å². The van der Waals surface area contributed by atoms with E-state index in [1.165, 1.54) is 238 Å². The molecule has 4 N–H and O–H groups in total. The van der Waals surface area contributed by atoms with Crippen LogP contribution in [-0.2, 0) is 32.7 Å². The topological polar surface area (TPSA) is 155 Å². The zero-order chi connectivity index (χ0) is 47.6. The first kappa shape index (κ1) is 64.0. The molecule has 0 bridgehead atoms. The standard InChI is InChI=1S/C54H108NO9P/c1-3-5-7-9-11-13-15-17-19-21-23-25-26-27-28-30-32-34-36-38-40-42-44-46-53(56)64-51(49-62-65(59,60)63-50-52(55)54(57)58)48-61-47-45-43-41-39-37-35-33-31-29-24-22-20-18-16-14-12-10-8-6-4-2/h51-52H,3-50,55H2,1-2H3,(H,57,58)(H,59,60)/t51-,52+/m1/s1. The number of carboxylic acids is 1. The predicted octanol–water partition coefficient (Wildman–Crippen LogP) is 16.7. The van der Waals surface area contributed by atoms with Gasteiger partial charge in [0.15, 0.2) is 0 Å². The van der Waals surface area contributed by atoms with Crippen LogP contribution in [0.3, 0.4) is 0 Å². The van der Waals surface area contributed by atoms with Gasteiger partial charge in [-0.3, -0.25) is 18.6 Å². The zero-order valence-electron chi connectivity index (χ0n) is 42.9. The van der Waals surface area contributed by atoms with Crippen LogP contribution in [0.15, 0.2) is 0 Å². The molecule has 0 saturated carbocycles. The highest BCUT2D eigenvalue weighted by molar-refractivity contribution is 7.47. The molecule has 1 unspecified atom stereocenters. The summed E-state index contributed by atoms with van der Waals surface area (Å²) in [5.74, 6) is -1.76. The Morgan fingerprint density at radius 2 is 0.708 bits per heavy atom. The molecule has 65 heavy (non-hydrogen) atoms. The molecule has 0 aromatic rings. The van der Waals surface area contributed by atoms with Crippen LogP contribution in [0.5, 0.6) is 0 Å². The lowest BCUT2D eigenvalue weighted by molar-refractivity contribution is -0.154. The molecule has 0 amide bonds. The lowest BCUT2D eigenvalue weighted by atomic mass is 10.0. The van der Waals surface area contributed by atoms with Crippen LogP contribution in [0.4, 0.5) is 0 Å². The molecular weight excluding hydrogens is 838 g/mol. The van der Waals surface area contributed by atoms with Crippen LogP contribution in [0.25, 0.3) is 0 Å². The minimum absolute atomic E-state index is 0.0267. The largest absolute Gasteiger partial charge is 0.480 e. The van der Waals surface area contributed by atoms with E-state index in [9.17, 15) is 19.0 Å². The van der Waals surface area contributed by atoms with Crippen molar-refractivity contribution in [3.8, 4) is 0 Å². The fourth-order valence-corrected chi connectivity index (χ4v) is 9.33. The summed E-state index contributed by atoms with van der Waals surface area (Å²) >= 11 is 0. The van der Waals surface area contributed by atoms with Gasteiger partial charge in [0.2, 0.25) is 0 Å². The van der Waals surface area contributed by atoms with Gasteiger partial charge >= 0.3 is 19.8 Å². The Labute approximate surface area is 401 Å². The van der Waals surface area contributed by atoms with Gasteiger partial charge in [-0.25, -0.2) is 4.57 Å². The summed E-state index contributed by atoms with van der Waals surface area (Å²) < 4.78 is 33.6. The molecule has 0 fully saturated rings. The second-order valence-corrected chi connectivity index (χ2v) is 20.9. The van der Waals surface area contributed by atoms with Crippen molar-refractivity contribution >= 4 is 19.8 Å². The van der Waals surface area contributed by atoms with Gasteiger partial charge in [-0.1, -0.05) is 277 Å². The number of hydrogen-bond donors (Lipinski definition) is 3. The molecule has 0 aromatic carbocycles. The number of ether oxygens (including phenoxy) is 2. The fourth-order valence-electron chi connectivity index (χ4n) is 8.55. The second-order valence-electron chi connectivity index (χ2n) is 19.4. The third-order valence-corrected chi connectivity index (χ3v) is 13.8. The smallest absolute Gasteiger partial charge is 0.472 e. The molecule has 11 heteroatoms. The van der Waals surface area contributed by atoms with E-state index in [0.717, 1.165) is 38.5 Å². The zero-order valence-corrected chi connectivity index (χ0v) is 43.8. The number of esters is 1. The molecule has 0 aromatic heterocycles. The SMILES string of the molecule is CCCCCCCCCCCCCCCCCCCCCCCCCC(=O)O[C@H](COCCCCCCCCCCCCCCCCCCCCCC)COP(=O)(O)OC[C@H](N)C(=O)O. The molecule has 0 radical (unpaired) electrons. The Hall–Kier alpha value is -1.03. The second kappa shape index (κ2) is 50.8. The molecule has 0 aliphatic carbocycles. The Morgan fingerprint density at radius 3 is 1.02 bits per heavy atom. The number of unbranched alkanes of at least 4 members (excludes halogenated alkanes) is 41. The molecule has 0 spiro atoms.